The van der Waals surface area contributed by atoms with E-state index in [1.165, 1.54) is 0 Å². The number of rotatable bonds is 3. The van der Waals surface area contributed by atoms with Crippen molar-refractivity contribution in [2.75, 3.05) is 31.2 Å². The first-order valence-corrected chi connectivity index (χ1v) is 10.3. The lowest BCUT2D eigenvalue weighted by Crippen LogP contribution is -2.45. The van der Waals surface area contributed by atoms with Crippen molar-refractivity contribution in [3.63, 3.8) is 0 Å². The third-order valence-electron chi connectivity index (χ3n) is 5.93. The third kappa shape index (κ3) is 3.11. The second kappa shape index (κ2) is 7.35. The summed E-state index contributed by atoms with van der Waals surface area (Å²) in [6.45, 7) is 6.54. The van der Waals surface area contributed by atoms with E-state index < -0.39 is 5.79 Å². The minimum atomic E-state index is -0.483. The summed E-state index contributed by atoms with van der Waals surface area (Å²) in [5.74, 6) is 1.05. The van der Waals surface area contributed by atoms with Gasteiger partial charge in [0.15, 0.2) is 11.6 Å². The molecule has 2 saturated heterocycles. The summed E-state index contributed by atoms with van der Waals surface area (Å²) < 4.78 is 17.2. The Hall–Kier alpha value is -3.02. The minimum absolute atomic E-state index is 0.323. The van der Waals surface area contributed by atoms with Crippen LogP contribution in [0.1, 0.15) is 36.7 Å². The summed E-state index contributed by atoms with van der Waals surface area (Å²) >= 11 is 0. The highest BCUT2D eigenvalue weighted by Gasteiger charge is 2.41. The second-order valence-electron chi connectivity index (χ2n) is 7.74. The number of anilines is 1. The maximum Gasteiger partial charge on any atom is 0.263 e. The Kier molecular flexibility index (Phi) is 4.65. The quantitative estimate of drug-likeness (QED) is 0.654. The summed E-state index contributed by atoms with van der Waals surface area (Å²) in [5, 5.41) is 14.9. The van der Waals surface area contributed by atoms with Gasteiger partial charge in [0, 0.05) is 31.3 Å². The SMILES string of the molecule is CCc1ccc2nc(N3CCC4(CC3)OCCO4)c(-c3nc(C)no3)c(C#N)c2c1. The van der Waals surface area contributed by atoms with Gasteiger partial charge in [0.05, 0.1) is 24.3 Å². The van der Waals surface area contributed by atoms with E-state index in [1.807, 2.05) is 12.1 Å². The topological polar surface area (TPSA) is 97.3 Å². The van der Waals surface area contributed by atoms with Gasteiger partial charge in [0.2, 0.25) is 0 Å². The molecule has 2 aromatic heterocycles. The lowest BCUT2D eigenvalue weighted by Gasteiger charge is -2.38. The molecule has 0 radical (unpaired) electrons. The third-order valence-corrected chi connectivity index (χ3v) is 5.93. The molecule has 0 unspecified atom stereocenters. The van der Waals surface area contributed by atoms with E-state index in [1.54, 1.807) is 6.92 Å². The molecule has 4 heterocycles. The molecule has 2 aliphatic heterocycles. The van der Waals surface area contributed by atoms with Crippen LogP contribution in [-0.2, 0) is 15.9 Å². The minimum Gasteiger partial charge on any atom is -0.355 e. The molecule has 0 atom stereocenters. The fraction of sp³-hybridized carbons (Fsp3) is 0.455. The molecule has 2 aliphatic rings. The van der Waals surface area contributed by atoms with Gasteiger partial charge in [0.1, 0.15) is 17.5 Å². The molecule has 0 N–H and O–H groups in total. The summed E-state index contributed by atoms with van der Waals surface area (Å²) in [6, 6.07) is 8.45. The van der Waals surface area contributed by atoms with Gasteiger partial charge in [-0.1, -0.05) is 18.1 Å². The van der Waals surface area contributed by atoms with Crippen molar-refractivity contribution in [2.45, 2.75) is 38.9 Å². The average Bonchev–Trinajstić information content (AvgIpc) is 3.41. The second-order valence-corrected chi connectivity index (χ2v) is 7.74. The van der Waals surface area contributed by atoms with Crippen molar-refractivity contribution in [2.24, 2.45) is 0 Å². The summed E-state index contributed by atoms with van der Waals surface area (Å²) in [6.07, 6.45) is 2.36. The smallest absolute Gasteiger partial charge is 0.263 e. The molecule has 0 saturated carbocycles. The average molecular weight is 405 g/mol. The molecule has 30 heavy (non-hydrogen) atoms. The van der Waals surface area contributed by atoms with E-state index in [0.29, 0.717) is 55.0 Å². The number of fused-ring (bicyclic) bond motifs is 1. The monoisotopic (exact) mass is 405 g/mol. The number of piperidine rings is 1. The molecule has 5 rings (SSSR count). The fourth-order valence-electron chi connectivity index (χ4n) is 4.31. The van der Waals surface area contributed by atoms with Gasteiger partial charge < -0.3 is 18.9 Å². The molecule has 154 valence electrons. The van der Waals surface area contributed by atoms with Gasteiger partial charge >= 0.3 is 0 Å². The molecule has 2 fully saturated rings. The molecular formula is C22H23N5O3. The zero-order chi connectivity index (χ0) is 20.7. The van der Waals surface area contributed by atoms with Crippen LogP contribution in [0.4, 0.5) is 5.82 Å². The first-order chi connectivity index (χ1) is 14.6. The number of ether oxygens (including phenoxy) is 2. The van der Waals surface area contributed by atoms with Crippen LogP contribution >= 0.6 is 0 Å². The van der Waals surface area contributed by atoms with Crippen LogP contribution in [0.5, 0.6) is 0 Å². The van der Waals surface area contributed by atoms with Crippen molar-refractivity contribution in [1.82, 2.24) is 15.1 Å². The van der Waals surface area contributed by atoms with E-state index in [-0.39, 0.29) is 0 Å². The van der Waals surface area contributed by atoms with E-state index in [2.05, 4.69) is 34.1 Å². The Morgan fingerprint density at radius 1 is 1.17 bits per heavy atom. The molecule has 0 amide bonds. The number of aromatic nitrogens is 3. The first-order valence-electron chi connectivity index (χ1n) is 10.3. The number of aryl methyl sites for hydroxylation is 2. The van der Waals surface area contributed by atoms with Crippen molar-refractivity contribution in [3.8, 4) is 17.5 Å². The standard InChI is InChI=1S/C22H23N5O3/c1-3-15-4-5-18-16(12-15)17(13-23)19(21-24-14(2)26-30-21)20(25-18)27-8-6-22(7-9-27)28-10-11-29-22/h4-5,12H,3,6-11H2,1-2H3. The lowest BCUT2D eigenvalue weighted by molar-refractivity contribution is -0.169. The zero-order valence-corrected chi connectivity index (χ0v) is 17.1. The first kappa shape index (κ1) is 19.0. The molecule has 0 aliphatic carbocycles. The van der Waals surface area contributed by atoms with E-state index in [4.69, 9.17) is 19.0 Å². The highest BCUT2D eigenvalue weighted by molar-refractivity contribution is 5.95. The van der Waals surface area contributed by atoms with Gasteiger partial charge in [-0.2, -0.15) is 10.2 Å². The number of nitrogens with zero attached hydrogens (tertiary/aromatic N) is 5. The molecular weight excluding hydrogens is 382 g/mol. The zero-order valence-electron chi connectivity index (χ0n) is 17.1. The van der Waals surface area contributed by atoms with Crippen LogP contribution in [0.3, 0.4) is 0 Å². The normalized spacial score (nSPS) is 18.2. The van der Waals surface area contributed by atoms with E-state index >= 15 is 0 Å². The number of nitriles is 1. The molecule has 1 spiro atoms. The van der Waals surface area contributed by atoms with Crippen LogP contribution in [-0.4, -0.2) is 47.2 Å². The van der Waals surface area contributed by atoms with Gasteiger partial charge in [-0.15, -0.1) is 0 Å². The molecule has 1 aromatic carbocycles. The number of pyridine rings is 1. The van der Waals surface area contributed by atoms with Gasteiger partial charge in [-0.05, 0) is 31.0 Å². The van der Waals surface area contributed by atoms with Crippen LogP contribution in [0, 0.1) is 18.3 Å². The van der Waals surface area contributed by atoms with Crippen LogP contribution in [0.2, 0.25) is 0 Å². The maximum absolute atomic E-state index is 10.1. The highest BCUT2D eigenvalue weighted by atomic mass is 16.7. The Balaban J connectivity index is 1.66. The molecule has 8 heteroatoms. The number of hydrogen-bond donors (Lipinski definition) is 0. The highest BCUT2D eigenvalue weighted by Crippen LogP contribution is 2.39. The molecule has 8 nitrogen and oxygen atoms in total. The summed E-state index contributed by atoms with van der Waals surface area (Å²) in [7, 11) is 0. The Bertz CT molecular complexity index is 1130. The van der Waals surface area contributed by atoms with Crippen LogP contribution in [0.25, 0.3) is 22.4 Å². The Labute approximate surface area is 174 Å². The Morgan fingerprint density at radius 2 is 1.93 bits per heavy atom. The predicted molar refractivity (Wildman–Crippen MR) is 110 cm³/mol. The molecule has 0 bridgehead atoms. The summed E-state index contributed by atoms with van der Waals surface area (Å²) in [4.78, 5) is 11.5. The van der Waals surface area contributed by atoms with Crippen molar-refractivity contribution >= 4 is 16.7 Å². The number of hydrogen-bond acceptors (Lipinski definition) is 8. The van der Waals surface area contributed by atoms with Gasteiger partial charge in [-0.25, -0.2) is 4.98 Å². The fourth-order valence-corrected chi connectivity index (χ4v) is 4.31. The maximum atomic E-state index is 10.1. The van der Waals surface area contributed by atoms with Crippen molar-refractivity contribution in [1.29, 1.82) is 5.26 Å². The van der Waals surface area contributed by atoms with E-state index in [9.17, 15) is 5.26 Å². The van der Waals surface area contributed by atoms with Gasteiger partial charge in [-0.3, -0.25) is 0 Å². The van der Waals surface area contributed by atoms with Crippen molar-refractivity contribution in [3.05, 3.63) is 35.2 Å². The summed E-state index contributed by atoms with van der Waals surface area (Å²) in [5.41, 5.74) is 3.05. The lowest BCUT2D eigenvalue weighted by atomic mass is 9.98. The van der Waals surface area contributed by atoms with Crippen LogP contribution < -0.4 is 4.90 Å². The largest absolute Gasteiger partial charge is 0.355 e. The Morgan fingerprint density at radius 3 is 2.57 bits per heavy atom. The van der Waals surface area contributed by atoms with E-state index in [0.717, 1.165) is 35.7 Å². The van der Waals surface area contributed by atoms with Crippen molar-refractivity contribution < 1.29 is 14.0 Å². The predicted octanol–water partition coefficient (Wildman–Crippen LogP) is 3.37. The number of benzene rings is 1. The van der Waals surface area contributed by atoms with Gasteiger partial charge in [0.25, 0.3) is 5.89 Å². The van der Waals surface area contributed by atoms with Crippen LogP contribution in [0.15, 0.2) is 22.7 Å². The molecule has 3 aromatic rings.